The first-order valence-corrected chi connectivity index (χ1v) is 10.2. The average molecular weight is 429 g/mol. The molecule has 3 rings (SSSR count). The zero-order valence-corrected chi connectivity index (χ0v) is 18.2. The molecule has 158 valence electrons. The molecule has 0 radical (unpaired) electrons. The van der Waals surface area contributed by atoms with Gasteiger partial charge in [0, 0.05) is 34.9 Å². The molecule has 0 atom stereocenters. The molecule has 5 nitrogen and oxygen atoms in total. The summed E-state index contributed by atoms with van der Waals surface area (Å²) in [5.74, 6) is -0.508. The van der Waals surface area contributed by atoms with Crippen LogP contribution < -0.4 is 5.32 Å². The molecule has 0 spiro atoms. The van der Waals surface area contributed by atoms with E-state index in [1.165, 1.54) is 11.6 Å². The molecule has 1 amide bonds. The number of nitrogens with zero attached hydrogens (tertiary/aromatic N) is 3. The lowest BCUT2D eigenvalue weighted by molar-refractivity contribution is -0.122. The molecule has 0 aliphatic carbocycles. The summed E-state index contributed by atoms with van der Waals surface area (Å²) in [6.45, 7) is 5.44. The molecule has 0 aliphatic heterocycles. The Kier molecular flexibility index (Phi) is 7.24. The second-order valence-corrected chi connectivity index (χ2v) is 7.85. The van der Waals surface area contributed by atoms with Gasteiger partial charge in [0.2, 0.25) is 5.91 Å². The van der Waals surface area contributed by atoms with Crippen molar-refractivity contribution in [3.8, 4) is 0 Å². The zero-order chi connectivity index (χ0) is 21.7. The maximum Gasteiger partial charge on any atom is 0.234 e. The molecule has 2 aromatic carbocycles. The molecule has 0 fully saturated rings. The largest absolute Gasteiger partial charge is 0.351 e. The Hall–Kier alpha value is -2.70. The van der Waals surface area contributed by atoms with Crippen LogP contribution in [0.3, 0.4) is 0 Å². The third kappa shape index (κ3) is 5.46. The van der Waals surface area contributed by atoms with Gasteiger partial charge in [-0.25, -0.2) is 4.39 Å². The quantitative estimate of drug-likeness (QED) is 0.588. The Morgan fingerprint density at radius 3 is 2.57 bits per heavy atom. The first kappa shape index (κ1) is 22.0. The van der Waals surface area contributed by atoms with Crippen molar-refractivity contribution in [1.82, 2.24) is 20.0 Å². The van der Waals surface area contributed by atoms with Crippen LogP contribution in [0.1, 0.15) is 28.1 Å². The van der Waals surface area contributed by atoms with Crippen LogP contribution in [0.2, 0.25) is 5.02 Å². The van der Waals surface area contributed by atoms with Crippen LogP contribution in [-0.2, 0) is 24.4 Å². The van der Waals surface area contributed by atoms with Crippen molar-refractivity contribution < 1.29 is 9.18 Å². The average Bonchev–Trinajstić information content (AvgIpc) is 2.97. The maximum atomic E-state index is 13.9. The molecule has 1 heterocycles. The Morgan fingerprint density at radius 1 is 1.13 bits per heavy atom. The summed E-state index contributed by atoms with van der Waals surface area (Å²) in [6, 6.07) is 14.7. The Labute approximate surface area is 181 Å². The predicted molar refractivity (Wildman–Crippen MR) is 117 cm³/mol. The van der Waals surface area contributed by atoms with E-state index in [9.17, 15) is 9.18 Å². The fourth-order valence-corrected chi connectivity index (χ4v) is 3.62. The highest BCUT2D eigenvalue weighted by Gasteiger charge is 2.15. The minimum absolute atomic E-state index is 0.139. The molecular weight excluding hydrogens is 403 g/mol. The van der Waals surface area contributed by atoms with E-state index in [0.29, 0.717) is 23.7 Å². The second-order valence-electron chi connectivity index (χ2n) is 7.44. The van der Waals surface area contributed by atoms with E-state index in [0.717, 1.165) is 17.0 Å². The van der Waals surface area contributed by atoms with E-state index in [1.807, 2.05) is 36.7 Å². The molecule has 0 unspecified atom stereocenters. The lowest BCUT2D eigenvalue weighted by Gasteiger charge is -2.17. The molecule has 0 saturated carbocycles. The van der Waals surface area contributed by atoms with Gasteiger partial charge in [-0.05, 0) is 38.6 Å². The van der Waals surface area contributed by atoms with Crippen molar-refractivity contribution >= 4 is 17.5 Å². The number of hydrogen-bond donors (Lipinski definition) is 1. The van der Waals surface area contributed by atoms with Crippen molar-refractivity contribution in [2.45, 2.75) is 33.5 Å². The fraction of sp³-hybridized carbons (Fsp3) is 0.304. The lowest BCUT2D eigenvalue weighted by atomic mass is 10.2. The molecule has 7 heteroatoms. The fourth-order valence-electron chi connectivity index (χ4n) is 3.40. The topological polar surface area (TPSA) is 50.2 Å². The predicted octanol–water partition coefficient (Wildman–Crippen LogP) is 4.09. The number of aryl methyl sites for hydroxylation is 1. The highest BCUT2D eigenvalue weighted by molar-refractivity contribution is 6.31. The number of rotatable bonds is 8. The van der Waals surface area contributed by atoms with Crippen molar-refractivity contribution in [2.75, 3.05) is 13.6 Å². The van der Waals surface area contributed by atoms with E-state index in [1.54, 1.807) is 24.1 Å². The summed E-state index contributed by atoms with van der Waals surface area (Å²) in [6.07, 6.45) is 0. The van der Waals surface area contributed by atoms with Gasteiger partial charge in [-0.3, -0.25) is 14.4 Å². The molecule has 1 N–H and O–H groups in total. The van der Waals surface area contributed by atoms with Crippen LogP contribution in [0.15, 0.2) is 48.5 Å². The summed E-state index contributed by atoms with van der Waals surface area (Å²) in [5, 5.41) is 7.92. The Balaban J connectivity index is 1.57. The minimum Gasteiger partial charge on any atom is -0.351 e. The number of likely N-dealkylation sites (N-methyl/N-ethyl adjacent to an activating group) is 1. The van der Waals surface area contributed by atoms with Crippen molar-refractivity contribution in [2.24, 2.45) is 0 Å². The molecule has 0 bridgehead atoms. The number of amides is 1. The van der Waals surface area contributed by atoms with Crippen LogP contribution in [0.5, 0.6) is 0 Å². The van der Waals surface area contributed by atoms with Gasteiger partial charge in [-0.2, -0.15) is 5.10 Å². The van der Waals surface area contributed by atoms with Gasteiger partial charge in [0.25, 0.3) is 0 Å². The van der Waals surface area contributed by atoms with Gasteiger partial charge in [0.1, 0.15) is 5.82 Å². The molecule has 30 heavy (non-hydrogen) atoms. The smallest absolute Gasteiger partial charge is 0.234 e. The SMILES string of the molecule is Cc1nn(Cc2ccccc2)c(C)c1CNC(=O)CN(C)Cc1c(F)cccc1Cl. The van der Waals surface area contributed by atoms with Crippen LogP contribution in [0.25, 0.3) is 0 Å². The van der Waals surface area contributed by atoms with Gasteiger partial charge in [-0.1, -0.05) is 48.0 Å². The number of hydrogen-bond acceptors (Lipinski definition) is 3. The monoisotopic (exact) mass is 428 g/mol. The van der Waals surface area contributed by atoms with Gasteiger partial charge < -0.3 is 5.32 Å². The first-order chi connectivity index (χ1) is 14.3. The first-order valence-electron chi connectivity index (χ1n) is 9.80. The van der Waals surface area contributed by atoms with Gasteiger partial charge >= 0.3 is 0 Å². The number of nitrogens with one attached hydrogen (secondary N) is 1. The lowest BCUT2D eigenvalue weighted by Crippen LogP contribution is -2.35. The number of halogens is 2. The van der Waals surface area contributed by atoms with Crippen LogP contribution in [0.4, 0.5) is 4.39 Å². The third-order valence-corrected chi connectivity index (χ3v) is 5.43. The number of carbonyl (C=O) groups is 1. The summed E-state index contributed by atoms with van der Waals surface area (Å²) in [5.41, 5.74) is 4.51. The van der Waals surface area contributed by atoms with Crippen molar-refractivity contribution in [3.63, 3.8) is 0 Å². The van der Waals surface area contributed by atoms with Gasteiger partial charge in [0.15, 0.2) is 0 Å². The van der Waals surface area contributed by atoms with E-state index >= 15 is 0 Å². The molecule has 0 aliphatic rings. The highest BCUT2D eigenvalue weighted by atomic mass is 35.5. The summed E-state index contributed by atoms with van der Waals surface area (Å²) >= 11 is 6.07. The molecule has 1 aromatic heterocycles. The number of aromatic nitrogens is 2. The minimum atomic E-state index is -0.369. The highest BCUT2D eigenvalue weighted by Crippen LogP contribution is 2.20. The number of benzene rings is 2. The maximum absolute atomic E-state index is 13.9. The standard InChI is InChI=1S/C23H26ClFN4O/c1-16-19(17(2)29(27-16)13-18-8-5-4-6-9-18)12-26-23(30)15-28(3)14-20-21(24)10-7-11-22(20)25/h4-11H,12-15H2,1-3H3,(H,26,30). The van der Waals surface area contributed by atoms with Crippen molar-refractivity contribution in [3.05, 3.63) is 87.4 Å². The summed E-state index contributed by atoms with van der Waals surface area (Å²) in [4.78, 5) is 14.1. The Bertz CT molecular complexity index is 999. The Morgan fingerprint density at radius 2 is 1.87 bits per heavy atom. The second kappa shape index (κ2) is 9.87. The summed E-state index contributed by atoms with van der Waals surface area (Å²) in [7, 11) is 1.76. The van der Waals surface area contributed by atoms with Crippen molar-refractivity contribution in [1.29, 1.82) is 0 Å². The molecular formula is C23H26ClFN4O. The molecule has 3 aromatic rings. The molecule has 0 saturated heterocycles. The van der Waals surface area contributed by atoms with Gasteiger partial charge in [-0.15, -0.1) is 0 Å². The van der Waals surface area contributed by atoms with E-state index in [4.69, 9.17) is 11.6 Å². The van der Waals surface area contributed by atoms with E-state index in [2.05, 4.69) is 22.5 Å². The van der Waals surface area contributed by atoms with Gasteiger partial charge in [0.05, 0.1) is 18.8 Å². The van der Waals surface area contributed by atoms with Crippen LogP contribution >= 0.6 is 11.6 Å². The van der Waals surface area contributed by atoms with E-state index in [-0.39, 0.29) is 24.8 Å². The third-order valence-electron chi connectivity index (χ3n) is 5.07. The number of carbonyl (C=O) groups excluding carboxylic acids is 1. The van der Waals surface area contributed by atoms with Crippen LogP contribution in [0, 0.1) is 19.7 Å². The normalized spacial score (nSPS) is 11.1. The summed E-state index contributed by atoms with van der Waals surface area (Å²) < 4.78 is 15.9. The van der Waals surface area contributed by atoms with E-state index < -0.39 is 0 Å². The van der Waals surface area contributed by atoms with Crippen LogP contribution in [-0.4, -0.2) is 34.2 Å². The zero-order valence-electron chi connectivity index (χ0n) is 17.5.